The van der Waals surface area contributed by atoms with Gasteiger partial charge in [-0.05, 0) is 24.6 Å². The lowest BCUT2D eigenvalue weighted by Gasteiger charge is -2.08. The SMILES string of the molecule is COc1cc2[nH]c3c(Nc4ccccc4C)ncnc3c2cc1OC. The summed E-state index contributed by atoms with van der Waals surface area (Å²) in [6.45, 7) is 2.06. The Morgan fingerprint density at radius 1 is 1.00 bits per heavy atom. The fraction of sp³-hybridized carbons (Fsp3) is 0.158. The minimum Gasteiger partial charge on any atom is -0.493 e. The summed E-state index contributed by atoms with van der Waals surface area (Å²) < 4.78 is 10.8. The van der Waals surface area contributed by atoms with Crippen LogP contribution < -0.4 is 14.8 Å². The minimum absolute atomic E-state index is 0.669. The van der Waals surface area contributed by atoms with E-state index >= 15 is 0 Å². The number of fused-ring (bicyclic) bond motifs is 3. The van der Waals surface area contributed by atoms with E-state index < -0.39 is 0 Å². The monoisotopic (exact) mass is 334 g/mol. The molecule has 2 aromatic heterocycles. The number of hydrogen-bond donors (Lipinski definition) is 2. The molecule has 0 saturated heterocycles. The molecule has 0 atom stereocenters. The molecule has 0 aliphatic carbocycles. The Labute approximate surface area is 144 Å². The molecule has 6 nitrogen and oxygen atoms in total. The normalized spacial score (nSPS) is 11.0. The van der Waals surface area contributed by atoms with Crippen LogP contribution in [0.15, 0.2) is 42.7 Å². The molecule has 0 radical (unpaired) electrons. The van der Waals surface area contributed by atoms with E-state index in [0.29, 0.717) is 11.5 Å². The number of nitrogens with one attached hydrogen (secondary N) is 2. The third-order valence-electron chi connectivity index (χ3n) is 4.28. The molecule has 0 fully saturated rings. The van der Waals surface area contributed by atoms with Gasteiger partial charge >= 0.3 is 0 Å². The van der Waals surface area contributed by atoms with Gasteiger partial charge in [0.2, 0.25) is 0 Å². The van der Waals surface area contributed by atoms with E-state index in [4.69, 9.17) is 9.47 Å². The predicted molar refractivity (Wildman–Crippen MR) is 99.0 cm³/mol. The van der Waals surface area contributed by atoms with Crippen molar-refractivity contribution in [2.24, 2.45) is 0 Å². The number of aromatic nitrogens is 3. The lowest BCUT2D eigenvalue weighted by molar-refractivity contribution is 0.356. The number of para-hydroxylation sites is 1. The number of rotatable bonds is 4. The van der Waals surface area contributed by atoms with E-state index in [9.17, 15) is 0 Å². The second kappa shape index (κ2) is 5.98. The van der Waals surface area contributed by atoms with Crippen LogP contribution in [0.5, 0.6) is 11.5 Å². The summed E-state index contributed by atoms with van der Waals surface area (Å²) >= 11 is 0. The number of aryl methyl sites for hydroxylation is 1. The van der Waals surface area contributed by atoms with E-state index in [2.05, 4.69) is 33.3 Å². The molecule has 0 unspecified atom stereocenters. The molecule has 0 spiro atoms. The van der Waals surface area contributed by atoms with E-state index in [0.717, 1.165) is 39.0 Å². The highest BCUT2D eigenvalue weighted by Crippen LogP contribution is 2.36. The summed E-state index contributed by atoms with van der Waals surface area (Å²) in [7, 11) is 3.25. The largest absolute Gasteiger partial charge is 0.493 e. The van der Waals surface area contributed by atoms with Crippen LogP contribution in [-0.2, 0) is 0 Å². The van der Waals surface area contributed by atoms with Crippen molar-refractivity contribution in [2.45, 2.75) is 6.92 Å². The quantitative estimate of drug-likeness (QED) is 0.586. The summed E-state index contributed by atoms with van der Waals surface area (Å²) in [5, 5.41) is 4.35. The standard InChI is InChI=1S/C19H18N4O2/c1-11-6-4-5-7-13(11)23-19-18-17(20-10-21-19)12-8-15(24-2)16(25-3)9-14(12)22-18/h4-10,22H,1-3H3,(H,20,21,23). The zero-order valence-electron chi connectivity index (χ0n) is 14.3. The van der Waals surface area contributed by atoms with Crippen molar-refractivity contribution in [1.82, 2.24) is 15.0 Å². The maximum atomic E-state index is 5.41. The van der Waals surface area contributed by atoms with Gasteiger partial charge in [-0.3, -0.25) is 0 Å². The number of anilines is 2. The highest BCUT2D eigenvalue weighted by molar-refractivity contribution is 6.09. The molecular weight excluding hydrogens is 316 g/mol. The topological polar surface area (TPSA) is 72.1 Å². The van der Waals surface area contributed by atoms with E-state index in [1.54, 1.807) is 20.5 Å². The Kier molecular flexibility index (Phi) is 3.65. The molecule has 2 heterocycles. The van der Waals surface area contributed by atoms with Crippen LogP contribution in [0.4, 0.5) is 11.5 Å². The molecule has 0 aliphatic rings. The van der Waals surface area contributed by atoms with Gasteiger partial charge in [0.15, 0.2) is 17.3 Å². The summed E-state index contributed by atoms with van der Waals surface area (Å²) in [4.78, 5) is 12.2. The lowest BCUT2D eigenvalue weighted by atomic mass is 10.2. The van der Waals surface area contributed by atoms with Gasteiger partial charge in [0.25, 0.3) is 0 Å². The average molecular weight is 334 g/mol. The zero-order chi connectivity index (χ0) is 17.4. The smallest absolute Gasteiger partial charge is 0.162 e. The van der Waals surface area contributed by atoms with Gasteiger partial charge in [-0.1, -0.05) is 18.2 Å². The number of aromatic amines is 1. The maximum absolute atomic E-state index is 5.41. The Morgan fingerprint density at radius 3 is 2.52 bits per heavy atom. The Bertz CT molecular complexity index is 1070. The van der Waals surface area contributed by atoms with Crippen molar-refractivity contribution in [3.05, 3.63) is 48.3 Å². The first-order chi connectivity index (χ1) is 12.2. The molecular formula is C19H18N4O2. The summed E-state index contributed by atoms with van der Waals surface area (Å²) in [5.74, 6) is 2.07. The molecule has 4 rings (SSSR count). The molecule has 2 N–H and O–H groups in total. The average Bonchev–Trinajstić information content (AvgIpc) is 3.01. The molecule has 2 aromatic carbocycles. The molecule has 4 aromatic rings. The van der Waals surface area contributed by atoms with Crippen molar-refractivity contribution in [2.75, 3.05) is 19.5 Å². The first kappa shape index (κ1) is 15.3. The second-order valence-corrected chi connectivity index (χ2v) is 5.76. The number of ether oxygens (including phenoxy) is 2. The lowest BCUT2D eigenvalue weighted by Crippen LogP contribution is -1.97. The number of hydrogen-bond acceptors (Lipinski definition) is 5. The van der Waals surface area contributed by atoms with Crippen molar-refractivity contribution >= 4 is 33.4 Å². The van der Waals surface area contributed by atoms with Crippen LogP contribution in [-0.4, -0.2) is 29.2 Å². The first-order valence-corrected chi connectivity index (χ1v) is 7.92. The molecule has 6 heteroatoms. The first-order valence-electron chi connectivity index (χ1n) is 7.92. The van der Waals surface area contributed by atoms with E-state index in [1.165, 1.54) is 0 Å². The number of benzene rings is 2. The fourth-order valence-corrected chi connectivity index (χ4v) is 2.96. The van der Waals surface area contributed by atoms with Gasteiger partial charge in [0, 0.05) is 17.1 Å². The molecule has 25 heavy (non-hydrogen) atoms. The third-order valence-corrected chi connectivity index (χ3v) is 4.28. The van der Waals surface area contributed by atoms with Crippen molar-refractivity contribution in [3.8, 4) is 11.5 Å². The van der Waals surface area contributed by atoms with Gasteiger partial charge in [-0.2, -0.15) is 0 Å². The highest BCUT2D eigenvalue weighted by atomic mass is 16.5. The third kappa shape index (κ3) is 2.52. The van der Waals surface area contributed by atoms with Crippen LogP contribution >= 0.6 is 0 Å². The van der Waals surface area contributed by atoms with Crippen LogP contribution in [0.25, 0.3) is 21.9 Å². The number of H-pyrrole nitrogens is 1. The molecule has 0 aliphatic heterocycles. The van der Waals surface area contributed by atoms with Crippen molar-refractivity contribution in [3.63, 3.8) is 0 Å². The van der Waals surface area contributed by atoms with Gasteiger partial charge in [-0.25, -0.2) is 9.97 Å². The molecule has 126 valence electrons. The molecule has 0 bridgehead atoms. The predicted octanol–water partition coefficient (Wildman–Crippen LogP) is 4.18. The maximum Gasteiger partial charge on any atom is 0.162 e. The van der Waals surface area contributed by atoms with Crippen LogP contribution in [0.1, 0.15) is 5.56 Å². The summed E-state index contributed by atoms with van der Waals surface area (Å²) in [5.41, 5.74) is 4.75. The van der Waals surface area contributed by atoms with Crippen LogP contribution in [0.2, 0.25) is 0 Å². The fourth-order valence-electron chi connectivity index (χ4n) is 2.96. The molecule has 0 amide bonds. The van der Waals surface area contributed by atoms with Crippen LogP contribution in [0.3, 0.4) is 0 Å². The van der Waals surface area contributed by atoms with Gasteiger partial charge in [0.1, 0.15) is 17.4 Å². The van der Waals surface area contributed by atoms with Gasteiger partial charge in [-0.15, -0.1) is 0 Å². The van der Waals surface area contributed by atoms with E-state index in [1.807, 2.05) is 30.3 Å². The molecule has 0 saturated carbocycles. The van der Waals surface area contributed by atoms with Crippen molar-refractivity contribution in [1.29, 1.82) is 0 Å². The second-order valence-electron chi connectivity index (χ2n) is 5.76. The minimum atomic E-state index is 0.669. The summed E-state index contributed by atoms with van der Waals surface area (Å²) in [6, 6.07) is 11.9. The van der Waals surface area contributed by atoms with E-state index in [-0.39, 0.29) is 0 Å². The van der Waals surface area contributed by atoms with Gasteiger partial charge in [0.05, 0.1) is 19.7 Å². The number of nitrogens with zero attached hydrogens (tertiary/aromatic N) is 2. The van der Waals surface area contributed by atoms with Gasteiger partial charge < -0.3 is 19.8 Å². The van der Waals surface area contributed by atoms with Crippen LogP contribution in [0, 0.1) is 6.92 Å². The number of methoxy groups -OCH3 is 2. The van der Waals surface area contributed by atoms with Crippen molar-refractivity contribution < 1.29 is 9.47 Å². The highest BCUT2D eigenvalue weighted by Gasteiger charge is 2.15. The summed E-state index contributed by atoms with van der Waals surface area (Å²) in [6.07, 6.45) is 1.56. The Balaban J connectivity index is 1.91. The zero-order valence-corrected chi connectivity index (χ0v) is 14.3. The Morgan fingerprint density at radius 2 is 1.76 bits per heavy atom. The Hall–Kier alpha value is -3.28.